The number of nitrogens with two attached hydrogens (primary N) is 1. The minimum atomic E-state index is 0.0597. The molecule has 76 valence electrons. The Morgan fingerprint density at radius 1 is 1.21 bits per heavy atom. The van der Waals surface area contributed by atoms with Crippen LogP contribution in [0.1, 0.15) is 25.5 Å². The Kier molecular flexibility index (Phi) is 2.33. The van der Waals surface area contributed by atoms with Gasteiger partial charge in [-0.2, -0.15) is 0 Å². The summed E-state index contributed by atoms with van der Waals surface area (Å²) < 4.78 is 10.5. The third-order valence-electron chi connectivity index (χ3n) is 2.50. The van der Waals surface area contributed by atoms with E-state index < -0.39 is 0 Å². The summed E-state index contributed by atoms with van der Waals surface area (Å²) in [6.45, 7) is 4.53. The van der Waals surface area contributed by atoms with Crippen molar-refractivity contribution in [1.29, 1.82) is 0 Å². The summed E-state index contributed by atoms with van der Waals surface area (Å²) in [5.74, 6) is 2.04. The van der Waals surface area contributed by atoms with Crippen molar-refractivity contribution in [3.8, 4) is 11.5 Å². The van der Waals surface area contributed by atoms with Gasteiger partial charge in [-0.25, -0.2) is 0 Å². The van der Waals surface area contributed by atoms with E-state index in [1.165, 1.54) is 0 Å². The minimum absolute atomic E-state index is 0.0597. The molecule has 2 rings (SSSR count). The maximum Gasteiger partial charge on any atom is 0.231 e. The van der Waals surface area contributed by atoms with Crippen LogP contribution in [0.2, 0.25) is 0 Å². The van der Waals surface area contributed by atoms with Crippen LogP contribution in [0.4, 0.5) is 0 Å². The van der Waals surface area contributed by atoms with Crippen molar-refractivity contribution in [3.63, 3.8) is 0 Å². The molecule has 0 amide bonds. The molecule has 1 aliphatic heterocycles. The van der Waals surface area contributed by atoms with Crippen molar-refractivity contribution < 1.29 is 9.47 Å². The van der Waals surface area contributed by atoms with Gasteiger partial charge in [0.15, 0.2) is 11.5 Å². The Balaban J connectivity index is 2.28. The molecule has 1 heterocycles. The molecule has 3 nitrogen and oxygen atoms in total. The Labute approximate surface area is 83.8 Å². The highest BCUT2D eigenvalue weighted by Crippen LogP contribution is 2.34. The average Bonchev–Trinajstić information content (AvgIpc) is 2.62. The van der Waals surface area contributed by atoms with E-state index >= 15 is 0 Å². The van der Waals surface area contributed by atoms with E-state index in [4.69, 9.17) is 15.2 Å². The topological polar surface area (TPSA) is 44.5 Å². The fourth-order valence-electron chi connectivity index (χ4n) is 1.51. The monoisotopic (exact) mass is 193 g/mol. The first kappa shape index (κ1) is 9.34. The maximum absolute atomic E-state index is 6.04. The number of fused-ring (bicyclic) bond motifs is 1. The molecule has 0 radical (unpaired) electrons. The summed E-state index contributed by atoms with van der Waals surface area (Å²) in [5, 5.41) is 0. The molecule has 14 heavy (non-hydrogen) atoms. The van der Waals surface area contributed by atoms with Crippen LogP contribution in [-0.4, -0.2) is 6.79 Å². The number of hydrogen-bond acceptors (Lipinski definition) is 3. The number of benzene rings is 1. The molecule has 1 aromatic rings. The summed E-state index contributed by atoms with van der Waals surface area (Å²) in [5.41, 5.74) is 7.14. The van der Waals surface area contributed by atoms with Gasteiger partial charge in [0.05, 0.1) is 0 Å². The first-order valence-corrected chi connectivity index (χ1v) is 4.83. The van der Waals surface area contributed by atoms with Crippen LogP contribution in [-0.2, 0) is 0 Å². The highest BCUT2D eigenvalue weighted by atomic mass is 16.7. The second-order valence-electron chi connectivity index (χ2n) is 3.88. The molecule has 0 bridgehead atoms. The van der Waals surface area contributed by atoms with E-state index in [2.05, 4.69) is 13.8 Å². The predicted octanol–water partition coefficient (Wildman–Crippen LogP) is 2.07. The van der Waals surface area contributed by atoms with E-state index in [0.717, 1.165) is 17.1 Å². The Morgan fingerprint density at radius 3 is 2.64 bits per heavy atom. The van der Waals surface area contributed by atoms with Gasteiger partial charge in [-0.15, -0.1) is 0 Å². The third-order valence-corrected chi connectivity index (χ3v) is 2.50. The molecule has 0 aliphatic carbocycles. The van der Waals surface area contributed by atoms with Crippen LogP contribution in [0.5, 0.6) is 11.5 Å². The molecule has 0 unspecified atom stereocenters. The summed E-state index contributed by atoms with van der Waals surface area (Å²) in [7, 11) is 0. The summed E-state index contributed by atoms with van der Waals surface area (Å²) in [6.07, 6.45) is 0. The lowest BCUT2D eigenvalue weighted by Gasteiger charge is -2.16. The Bertz CT molecular complexity index is 336. The van der Waals surface area contributed by atoms with Gasteiger partial charge in [0.1, 0.15) is 0 Å². The van der Waals surface area contributed by atoms with Crippen molar-refractivity contribution in [3.05, 3.63) is 23.8 Å². The zero-order valence-electron chi connectivity index (χ0n) is 8.49. The van der Waals surface area contributed by atoms with Crippen LogP contribution in [0.15, 0.2) is 18.2 Å². The van der Waals surface area contributed by atoms with Gasteiger partial charge in [0.25, 0.3) is 0 Å². The molecular formula is C11H15NO2. The van der Waals surface area contributed by atoms with E-state index in [0.29, 0.717) is 12.7 Å². The smallest absolute Gasteiger partial charge is 0.231 e. The van der Waals surface area contributed by atoms with Gasteiger partial charge in [0, 0.05) is 6.04 Å². The lowest BCUT2D eigenvalue weighted by molar-refractivity contribution is 0.174. The SMILES string of the molecule is CC(C)[C@@H](N)c1ccc2c(c1)OCO2. The Hall–Kier alpha value is -1.22. The fraction of sp³-hybridized carbons (Fsp3) is 0.455. The van der Waals surface area contributed by atoms with E-state index in [9.17, 15) is 0 Å². The largest absolute Gasteiger partial charge is 0.454 e. The van der Waals surface area contributed by atoms with Crippen LogP contribution in [0, 0.1) is 5.92 Å². The third kappa shape index (κ3) is 1.55. The van der Waals surface area contributed by atoms with Crippen molar-refractivity contribution >= 4 is 0 Å². The maximum atomic E-state index is 6.04. The standard InChI is InChI=1S/C11H15NO2/c1-7(2)11(12)8-3-4-9-10(5-8)14-6-13-9/h3-5,7,11H,6,12H2,1-2H3/t11-/m1/s1. The van der Waals surface area contributed by atoms with Gasteiger partial charge < -0.3 is 15.2 Å². The minimum Gasteiger partial charge on any atom is -0.454 e. The molecule has 0 saturated heterocycles. The van der Waals surface area contributed by atoms with Crippen molar-refractivity contribution in [2.24, 2.45) is 11.7 Å². The predicted molar refractivity (Wildman–Crippen MR) is 54.3 cm³/mol. The second-order valence-corrected chi connectivity index (χ2v) is 3.88. The molecule has 0 fully saturated rings. The van der Waals surface area contributed by atoms with Crippen LogP contribution in [0.3, 0.4) is 0 Å². The van der Waals surface area contributed by atoms with E-state index in [1.807, 2.05) is 18.2 Å². The fourth-order valence-corrected chi connectivity index (χ4v) is 1.51. The molecule has 1 aromatic carbocycles. The van der Waals surface area contributed by atoms with Gasteiger partial charge >= 0.3 is 0 Å². The van der Waals surface area contributed by atoms with E-state index in [1.54, 1.807) is 0 Å². The van der Waals surface area contributed by atoms with Gasteiger partial charge in [-0.1, -0.05) is 19.9 Å². The lowest BCUT2D eigenvalue weighted by Crippen LogP contribution is -2.16. The lowest BCUT2D eigenvalue weighted by atomic mass is 9.97. The van der Waals surface area contributed by atoms with Crippen molar-refractivity contribution in [2.45, 2.75) is 19.9 Å². The van der Waals surface area contributed by atoms with Crippen molar-refractivity contribution in [2.75, 3.05) is 6.79 Å². The first-order chi connectivity index (χ1) is 6.68. The molecular weight excluding hydrogens is 178 g/mol. The molecule has 3 heteroatoms. The van der Waals surface area contributed by atoms with Gasteiger partial charge in [0.2, 0.25) is 6.79 Å². The summed E-state index contributed by atoms with van der Waals surface area (Å²) >= 11 is 0. The number of hydrogen-bond donors (Lipinski definition) is 1. The zero-order valence-corrected chi connectivity index (χ0v) is 8.49. The average molecular weight is 193 g/mol. The molecule has 0 spiro atoms. The number of ether oxygens (including phenoxy) is 2. The van der Waals surface area contributed by atoms with Crippen molar-refractivity contribution in [1.82, 2.24) is 0 Å². The Morgan fingerprint density at radius 2 is 1.93 bits per heavy atom. The highest BCUT2D eigenvalue weighted by Gasteiger charge is 2.17. The molecule has 2 N–H and O–H groups in total. The first-order valence-electron chi connectivity index (χ1n) is 4.83. The summed E-state index contributed by atoms with van der Waals surface area (Å²) in [4.78, 5) is 0. The quantitative estimate of drug-likeness (QED) is 0.782. The van der Waals surface area contributed by atoms with Crippen LogP contribution < -0.4 is 15.2 Å². The van der Waals surface area contributed by atoms with Gasteiger partial charge in [-0.05, 0) is 23.6 Å². The number of rotatable bonds is 2. The van der Waals surface area contributed by atoms with Crippen LogP contribution >= 0.6 is 0 Å². The zero-order chi connectivity index (χ0) is 10.1. The summed E-state index contributed by atoms with van der Waals surface area (Å²) in [6, 6.07) is 5.94. The molecule has 1 atom stereocenters. The van der Waals surface area contributed by atoms with Crippen LogP contribution in [0.25, 0.3) is 0 Å². The second kappa shape index (κ2) is 3.50. The van der Waals surface area contributed by atoms with Gasteiger partial charge in [-0.3, -0.25) is 0 Å². The highest BCUT2D eigenvalue weighted by molar-refractivity contribution is 5.45. The molecule has 0 aromatic heterocycles. The molecule has 1 aliphatic rings. The molecule has 0 saturated carbocycles. The normalized spacial score (nSPS) is 16.0. The van der Waals surface area contributed by atoms with E-state index in [-0.39, 0.29) is 6.04 Å².